The van der Waals surface area contributed by atoms with Crippen molar-refractivity contribution in [3.8, 4) is 10.4 Å². The lowest BCUT2D eigenvalue weighted by Gasteiger charge is -2.42. The van der Waals surface area contributed by atoms with E-state index < -0.39 is 37.4 Å². The van der Waals surface area contributed by atoms with Gasteiger partial charge in [0.25, 0.3) is 11.5 Å². The molecule has 36 heavy (non-hydrogen) atoms. The van der Waals surface area contributed by atoms with E-state index in [0.717, 1.165) is 23.8 Å². The number of fused-ring (bicyclic) bond motifs is 2. The van der Waals surface area contributed by atoms with Gasteiger partial charge in [-0.25, -0.2) is 18.0 Å². The van der Waals surface area contributed by atoms with E-state index in [0.29, 0.717) is 21.5 Å². The van der Waals surface area contributed by atoms with Gasteiger partial charge >= 0.3 is 5.69 Å². The summed E-state index contributed by atoms with van der Waals surface area (Å²) in [6, 6.07) is 2.76. The fourth-order valence-corrected chi connectivity index (χ4v) is 7.34. The standard InChI is InChI=1S/C26H31F3N2O3SSi/c1-13-20(17(27)11-16-21(13)31(14-7-8-14)24(33)30-23(16)32)19-12-15-18(35-19)9-10-26(28,29)22(15)34-36(5,6)25(2,3)4/h11-12,14,22H,7-10H2,1-6H3,(H,30,32,33). The fourth-order valence-electron chi connectivity index (χ4n) is 4.80. The summed E-state index contributed by atoms with van der Waals surface area (Å²) in [4.78, 5) is 28.7. The van der Waals surface area contributed by atoms with Gasteiger partial charge in [0.05, 0.1) is 10.9 Å². The van der Waals surface area contributed by atoms with Gasteiger partial charge in [0, 0.05) is 33.3 Å². The highest BCUT2D eigenvalue weighted by molar-refractivity contribution is 7.15. The van der Waals surface area contributed by atoms with Crippen molar-refractivity contribution in [3.05, 3.63) is 54.8 Å². The van der Waals surface area contributed by atoms with Crippen LogP contribution in [-0.2, 0) is 10.8 Å². The van der Waals surface area contributed by atoms with Gasteiger partial charge in [0.2, 0.25) is 0 Å². The first-order chi connectivity index (χ1) is 16.6. The normalized spacial score (nSPS) is 20.1. The lowest BCUT2D eigenvalue weighted by atomic mass is 9.92. The number of nitrogens with one attached hydrogen (secondary N) is 1. The lowest BCUT2D eigenvalue weighted by Crippen LogP contribution is -2.46. The van der Waals surface area contributed by atoms with Gasteiger partial charge in [-0.2, -0.15) is 0 Å². The van der Waals surface area contributed by atoms with Crippen LogP contribution in [-0.4, -0.2) is 23.8 Å². The molecule has 5 nitrogen and oxygen atoms in total. The maximum absolute atomic E-state index is 15.5. The number of aryl methyl sites for hydroxylation is 2. The molecule has 1 aromatic carbocycles. The molecule has 0 bridgehead atoms. The highest BCUT2D eigenvalue weighted by atomic mass is 32.1. The van der Waals surface area contributed by atoms with Crippen LogP contribution >= 0.6 is 11.3 Å². The summed E-state index contributed by atoms with van der Waals surface area (Å²) in [5.41, 5.74) is 0.397. The number of alkyl halides is 2. The first kappa shape index (κ1) is 25.5. The number of hydrogen-bond donors (Lipinski definition) is 1. The van der Waals surface area contributed by atoms with Crippen LogP contribution in [0.4, 0.5) is 13.2 Å². The maximum Gasteiger partial charge on any atom is 0.329 e. The number of aromatic amines is 1. The minimum Gasteiger partial charge on any atom is -0.404 e. The van der Waals surface area contributed by atoms with Gasteiger partial charge in [0.15, 0.2) is 8.32 Å². The SMILES string of the molecule is Cc1c(-c2cc3c(s2)CCC(F)(F)C3O[Si](C)(C)C(C)(C)C)c(F)cc2c(=O)[nH]c(=O)n(C3CC3)c12. The van der Waals surface area contributed by atoms with Crippen molar-refractivity contribution in [2.45, 2.75) is 89.6 Å². The zero-order chi connectivity index (χ0) is 26.4. The molecule has 1 fully saturated rings. The van der Waals surface area contributed by atoms with E-state index in [1.165, 1.54) is 11.3 Å². The number of H-pyrrole nitrogens is 1. The number of aromatic nitrogens is 2. The molecule has 3 aromatic rings. The van der Waals surface area contributed by atoms with E-state index in [1.807, 2.05) is 33.9 Å². The van der Waals surface area contributed by atoms with Crippen molar-refractivity contribution in [2.24, 2.45) is 0 Å². The van der Waals surface area contributed by atoms with Crippen molar-refractivity contribution < 1.29 is 17.6 Å². The van der Waals surface area contributed by atoms with Gasteiger partial charge in [-0.05, 0) is 62.0 Å². The molecule has 2 aromatic heterocycles. The minimum atomic E-state index is -3.03. The monoisotopic (exact) mass is 536 g/mol. The second-order valence-electron chi connectivity index (χ2n) is 11.6. The Morgan fingerprint density at radius 3 is 2.47 bits per heavy atom. The lowest BCUT2D eigenvalue weighted by molar-refractivity contribution is -0.114. The zero-order valence-corrected chi connectivity index (χ0v) is 23.2. The predicted molar refractivity (Wildman–Crippen MR) is 139 cm³/mol. The van der Waals surface area contributed by atoms with Gasteiger partial charge in [-0.1, -0.05) is 20.8 Å². The molecule has 2 aliphatic rings. The molecule has 2 heterocycles. The number of hydrogen-bond acceptors (Lipinski definition) is 4. The van der Waals surface area contributed by atoms with E-state index >= 15 is 13.2 Å². The topological polar surface area (TPSA) is 64.1 Å². The van der Waals surface area contributed by atoms with Gasteiger partial charge in [-0.3, -0.25) is 14.3 Å². The van der Waals surface area contributed by atoms with Crippen LogP contribution in [0.1, 0.15) is 68.2 Å². The van der Waals surface area contributed by atoms with Crippen LogP contribution < -0.4 is 11.2 Å². The van der Waals surface area contributed by atoms with Gasteiger partial charge in [0.1, 0.15) is 11.9 Å². The summed E-state index contributed by atoms with van der Waals surface area (Å²) in [5.74, 6) is -3.64. The largest absolute Gasteiger partial charge is 0.404 e. The molecule has 1 atom stereocenters. The quantitative estimate of drug-likeness (QED) is 0.371. The Kier molecular flexibility index (Phi) is 5.78. The van der Waals surface area contributed by atoms with Crippen molar-refractivity contribution in [1.82, 2.24) is 9.55 Å². The molecule has 5 rings (SSSR count). The molecule has 0 aliphatic heterocycles. The van der Waals surface area contributed by atoms with Crippen LogP contribution in [0.5, 0.6) is 0 Å². The third kappa shape index (κ3) is 4.01. The number of halogens is 3. The Morgan fingerprint density at radius 1 is 1.19 bits per heavy atom. The summed E-state index contributed by atoms with van der Waals surface area (Å²) in [6.45, 7) is 11.6. The fraction of sp³-hybridized carbons (Fsp3) is 0.538. The van der Waals surface area contributed by atoms with Crippen LogP contribution in [0.15, 0.2) is 21.7 Å². The number of thiophene rings is 1. The van der Waals surface area contributed by atoms with Crippen molar-refractivity contribution in [2.75, 3.05) is 0 Å². The average Bonchev–Trinajstić information content (AvgIpc) is 3.49. The highest BCUT2D eigenvalue weighted by Crippen LogP contribution is 2.52. The summed E-state index contributed by atoms with van der Waals surface area (Å²) < 4.78 is 53.8. The van der Waals surface area contributed by atoms with Gasteiger partial charge in [-0.15, -0.1) is 11.3 Å². The van der Waals surface area contributed by atoms with Crippen molar-refractivity contribution in [3.63, 3.8) is 0 Å². The third-order valence-corrected chi connectivity index (χ3v) is 13.7. The zero-order valence-electron chi connectivity index (χ0n) is 21.4. The summed E-state index contributed by atoms with van der Waals surface area (Å²) >= 11 is 1.29. The average molecular weight is 537 g/mol. The van der Waals surface area contributed by atoms with Gasteiger partial charge < -0.3 is 4.43 Å². The van der Waals surface area contributed by atoms with E-state index in [2.05, 4.69) is 4.98 Å². The van der Waals surface area contributed by atoms with Crippen LogP contribution in [0.25, 0.3) is 21.3 Å². The smallest absolute Gasteiger partial charge is 0.329 e. The maximum atomic E-state index is 15.5. The molecule has 0 radical (unpaired) electrons. The molecular formula is C26H31F3N2O3SSi. The molecule has 0 amide bonds. The number of nitrogens with zero attached hydrogens (tertiary/aromatic N) is 1. The van der Waals surface area contributed by atoms with Crippen LogP contribution in [0, 0.1) is 12.7 Å². The van der Waals surface area contributed by atoms with E-state index in [4.69, 9.17) is 4.43 Å². The molecule has 1 saturated carbocycles. The Bertz CT molecular complexity index is 1500. The van der Waals surface area contributed by atoms with Crippen molar-refractivity contribution in [1.29, 1.82) is 0 Å². The molecule has 1 unspecified atom stereocenters. The molecule has 0 spiro atoms. The van der Waals surface area contributed by atoms with Crippen LogP contribution in [0.2, 0.25) is 18.1 Å². The predicted octanol–water partition coefficient (Wildman–Crippen LogP) is 6.85. The molecule has 0 saturated heterocycles. The number of rotatable bonds is 4. The Morgan fingerprint density at radius 2 is 1.86 bits per heavy atom. The summed E-state index contributed by atoms with van der Waals surface area (Å²) in [7, 11) is -2.53. The number of benzene rings is 1. The molecule has 1 N–H and O–H groups in total. The Labute approximate surface area is 212 Å². The minimum absolute atomic E-state index is 0.0357. The summed E-state index contributed by atoms with van der Waals surface area (Å²) in [5, 5.41) is -0.132. The Balaban J connectivity index is 1.69. The van der Waals surface area contributed by atoms with E-state index in [1.54, 1.807) is 17.6 Å². The highest BCUT2D eigenvalue weighted by Gasteiger charge is 2.51. The first-order valence-electron chi connectivity index (χ1n) is 12.3. The molecule has 2 aliphatic carbocycles. The summed E-state index contributed by atoms with van der Waals surface area (Å²) in [6.07, 6.45) is 0.0907. The Hall–Kier alpha value is -2.17. The van der Waals surface area contributed by atoms with E-state index in [9.17, 15) is 9.59 Å². The second kappa shape index (κ2) is 8.16. The molecule has 10 heteroatoms. The second-order valence-corrected chi connectivity index (χ2v) is 17.5. The third-order valence-electron chi connectivity index (χ3n) is 7.99. The van der Waals surface area contributed by atoms with Crippen LogP contribution in [0.3, 0.4) is 0 Å². The molecular weight excluding hydrogens is 505 g/mol. The van der Waals surface area contributed by atoms with Crippen molar-refractivity contribution >= 4 is 30.6 Å². The molecule has 194 valence electrons. The first-order valence-corrected chi connectivity index (χ1v) is 16.0. The van der Waals surface area contributed by atoms with E-state index in [-0.39, 0.29) is 34.9 Å².